The van der Waals surface area contributed by atoms with Crippen molar-refractivity contribution in [3.63, 3.8) is 0 Å². The summed E-state index contributed by atoms with van der Waals surface area (Å²) in [5.74, 6) is 3.36. The summed E-state index contributed by atoms with van der Waals surface area (Å²) in [5.41, 5.74) is 4.22. The largest absolute Gasteiger partial charge is 0.416 e. The predicted molar refractivity (Wildman–Crippen MR) is 52.3 cm³/mol. The number of amides is 1. The van der Waals surface area contributed by atoms with E-state index in [1.165, 1.54) is 19.1 Å². The van der Waals surface area contributed by atoms with Crippen molar-refractivity contribution in [2.75, 3.05) is 0 Å². The summed E-state index contributed by atoms with van der Waals surface area (Å²) in [7, 11) is 0. The first-order valence-corrected chi connectivity index (χ1v) is 4.30. The van der Waals surface area contributed by atoms with Gasteiger partial charge in [0.05, 0.1) is 5.56 Å². The fourth-order valence-electron chi connectivity index (χ4n) is 1.14. The Morgan fingerprint density at radius 3 is 2.50 bits per heavy atom. The lowest BCUT2D eigenvalue weighted by Crippen LogP contribution is -2.08. The molecule has 5 heteroatoms. The zero-order valence-corrected chi connectivity index (χ0v) is 8.35. The van der Waals surface area contributed by atoms with Gasteiger partial charge in [-0.3, -0.25) is 4.79 Å². The van der Waals surface area contributed by atoms with Crippen LogP contribution in [0.4, 0.5) is 13.2 Å². The number of carbonyl (C=O) groups excluding carboxylic acids is 1. The fourth-order valence-corrected chi connectivity index (χ4v) is 1.14. The summed E-state index contributed by atoms with van der Waals surface area (Å²) in [4.78, 5) is 10.3. The predicted octanol–water partition coefficient (Wildman–Crippen LogP) is 1.85. The smallest absolute Gasteiger partial charge is 0.359 e. The van der Waals surface area contributed by atoms with Crippen LogP contribution in [0.5, 0.6) is 0 Å². The second kappa shape index (κ2) is 4.27. The molecular formula is C11H8F3NO. The summed E-state index contributed by atoms with van der Waals surface area (Å²) in [6, 6.07) is 3.60. The molecule has 0 radical (unpaired) electrons. The van der Waals surface area contributed by atoms with Crippen LogP contribution in [0.3, 0.4) is 0 Å². The number of benzene rings is 1. The van der Waals surface area contributed by atoms with Crippen LogP contribution >= 0.6 is 0 Å². The van der Waals surface area contributed by atoms with Gasteiger partial charge in [0.1, 0.15) is 0 Å². The van der Waals surface area contributed by atoms with E-state index in [9.17, 15) is 18.0 Å². The lowest BCUT2D eigenvalue weighted by molar-refractivity contribution is -0.138. The SMILES string of the molecule is Cc1ccc(C#CC(N)=O)cc1C(F)(F)F. The Bertz CT molecular complexity index is 480. The molecule has 16 heavy (non-hydrogen) atoms. The lowest BCUT2D eigenvalue weighted by atomic mass is 10.0. The van der Waals surface area contributed by atoms with E-state index in [0.717, 1.165) is 6.07 Å². The van der Waals surface area contributed by atoms with E-state index in [1.807, 2.05) is 5.92 Å². The van der Waals surface area contributed by atoms with Gasteiger partial charge in [0, 0.05) is 5.56 Å². The van der Waals surface area contributed by atoms with Crippen molar-refractivity contribution in [3.05, 3.63) is 34.9 Å². The molecule has 84 valence electrons. The molecule has 1 aromatic rings. The minimum Gasteiger partial charge on any atom is -0.359 e. The Hall–Kier alpha value is -1.96. The van der Waals surface area contributed by atoms with Crippen LogP contribution in [0.15, 0.2) is 18.2 Å². The first-order chi connectivity index (χ1) is 7.30. The molecule has 0 spiro atoms. The van der Waals surface area contributed by atoms with Gasteiger partial charge in [0.25, 0.3) is 5.91 Å². The number of alkyl halides is 3. The van der Waals surface area contributed by atoms with Crippen LogP contribution in [0.25, 0.3) is 0 Å². The number of hydrogen-bond acceptors (Lipinski definition) is 1. The van der Waals surface area contributed by atoms with Crippen LogP contribution in [-0.4, -0.2) is 5.91 Å². The molecule has 0 saturated carbocycles. The number of halogens is 3. The number of carbonyl (C=O) groups is 1. The molecule has 1 rings (SSSR count). The molecule has 1 amide bonds. The first-order valence-electron chi connectivity index (χ1n) is 4.30. The Balaban J connectivity index is 3.20. The van der Waals surface area contributed by atoms with Crippen LogP contribution < -0.4 is 5.73 Å². The van der Waals surface area contributed by atoms with Crippen LogP contribution in [0.2, 0.25) is 0 Å². The van der Waals surface area contributed by atoms with E-state index in [-0.39, 0.29) is 11.1 Å². The van der Waals surface area contributed by atoms with Gasteiger partial charge in [-0.2, -0.15) is 13.2 Å². The van der Waals surface area contributed by atoms with Crippen molar-refractivity contribution in [1.29, 1.82) is 0 Å². The van der Waals surface area contributed by atoms with Crippen molar-refractivity contribution in [1.82, 2.24) is 0 Å². The summed E-state index contributed by atoms with van der Waals surface area (Å²) in [5, 5.41) is 0. The molecule has 0 aliphatic heterocycles. The van der Waals surface area contributed by atoms with E-state index in [1.54, 1.807) is 0 Å². The molecule has 0 fully saturated rings. The highest BCUT2D eigenvalue weighted by Gasteiger charge is 2.32. The molecule has 0 aliphatic carbocycles. The maximum atomic E-state index is 12.5. The molecule has 0 unspecified atom stereocenters. The van der Waals surface area contributed by atoms with Crippen molar-refractivity contribution < 1.29 is 18.0 Å². The monoisotopic (exact) mass is 227 g/mol. The summed E-state index contributed by atoms with van der Waals surface area (Å²) < 4.78 is 37.5. The summed E-state index contributed by atoms with van der Waals surface area (Å²) >= 11 is 0. The molecule has 0 aromatic heterocycles. The third kappa shape index (κ3) is 3.02. The first kappa shape index (κ1) is 12.1. The van der Waals surface area contributed by atoms with Crippen molar-refractivity contribution in [2.24, 2.45) is 5.73 Å². The summed E-state index contributed by atoms with van der Waals surface area (Å²) in [6.45, 7) is 1.36. The van der Waals surface area contributed by atoms with Gasteiger partial charge in [-0.05, 0) is 30.5 Å². The number of aryl methyl sites for hydroxylation is 1. The van der Waals surface area contributed by atoms with E-state index < -0.39 is 17.6 Å². The van der Waals surface area contributed by atoms with Gasteiger partial charge in [0.15, 0.2) is 0 Å². The minimum absolute atomic E-state index is 0.108. The number of primary amides is 1. The van der Waals surface area contributed by atoms with Crippen LogP contribution in [0.1, 0.15) is 16.7 Å². The highest BCUT2D eigenvalue weighted by molar-refractivity contribution is 5.92. The second-order valence-electron chi connectivity index (χ2n) is 3.14. The highest BCUT2D eigenvalue weighted by Crippen LogP contribution is 2.32. The molecular weight excluding hydrogens is 219 g/mol. The average molecular weight is 227 g/mol. The molecule has 0 saturated heterocycles. The molecule has 2 N–H and O–H groups in total. The Labute approximate surface area is 90.3 Å². The topological polar surface area (TPSA) is 43.1 Å². The quantitative estimate of drug-likeness (QED) is 0.675. The van der Waals surface area contributed by atoms with Gasteiger partial charge in [-0.1, -0.05) is 12.0 Å². The number of nitrogens with two attached hydrogens (primary N) is 1. The fraction of sp³-hybridized carbons (Fsp3) is 0.182. The zero-order chi connectivity index (χ0) is 12.3. The third-order valence-electron chi connectivity index (χ3n) is 1.87. The van der Waals surface area contributed by atoms with Gasteiger partial charge >= 0.3 is 6.18 Å². The van der Waals surface area contributed by atoms with Gasteiger partial charge in [0.2, 0.25) is 0 Å². The number of hydrogen-bond donors (Lipinski definition) is 1. The average Bonchev–Trinajstić information content (AvgIpc) is 2.14. The summed E-state index contributed by atoms with van der Waals surface area (Å²) in [6.07, 6.45) is -4.42. The highest BCUT2D eigenvalue weighted by atomic mass is 19.4. The Morgan fingerprint density at radius 2 is 2.00 bits per heavy atom. The third-order valence-corrected chi connectivity index (χ3v) is 1.87. The van der Waals surface area contributed by atoms with E-state index in [0.29, 0.717) is 0 Å². The molecule has 0 bridgehead atoms. The van der Waals surface area contributed by atoms with Crippen LogP contribution in [-0.2, 0) is 11.0 Å². The normalized spacial score (nSPS) is 10.5. The van der Waals surface area contributed by atoms with Gasteiger partial charge in [-0.15, -0.1) is 0 Å². The molecule has 2 nitrogen and oxygen atoms in total. The second-order valence-corrected chi connectivity index (χ2v) is 3.14. The Kier molecular flexibility index (Phi) is 3.23. The minimum atomic E-state index is -4.42. The van der Waals surface area contributed by atoms with Crippen molar-refractivity contribution in [3.8, 4) is 11.8 Å². The molecule has 0 atom stereocenters. The number of rotatable bonds is 0. The van der Waals surface area contributed by atoms with Crippen molar-refractivity contribution >= 4 is 5.91 Å². The van der Waals surface area contributed by atoms with Crippen LogP contribution in [0, 0.1) is 18.8 Å². The van der Waals surface area contributed by atoms with Crippen molar-refractivity contribution in [2.45, 2.75) is 13.1 Å². The van der Waals surface area contributed by atoms with E-state index >= 15 is 0 Å². The van der Waals surface area contributed by atoms with E-state index in [4.69, 9.17) is 5.73 Å². The molecule has 1 aromatic carbocycles. The molecule has 0 aliphatic rings. The maximum Gasteiger partial charge on any atom is 0.416 e. The standard InChI is InChI=1S/C11H8F3NO/c1-7-2-3-8(4-5-10(15)16)6-9(7)11(12,13)14/h2-3,6H,1H3,(H2,15,16). The van der Waals surface area contributed by atoms with Gasteiger partial charge in [-0.25, -0.2) is 0 Å². The lowest BCUT2D eigenvalue weighted by Gasteiger charge is -2.09. The van der Waals surface area contributed by atoms with Gasteiger partial charge < -0.3 is 5.73 Å². The maximum absolute atomic E-state index is 12.5. The molecule has 0 heterocycles. The van der Waals surface area contributed by atoms with E-state index in [2.05, 4.69) is 5.92 Å². The zero-order valence-electron chi connectivity index (χ0n) is 8.35. The Morgan fingerprint density at radius 1 is 1.38 bits per heavy atom.